The van der Waals surface area contributed by atoms with E-state index < -0.39 is 0 Å². The molecule has 1 atom stereocenters. The minimum absolute atomic E-state index is 0.0733. The van der Waals surface area contributed by atoms with Crippen LogP contribution in [0.5, 0.6) is 5.75 Å². The Bertz CT molecular complexity index is 755. The number of para-hydroxylation sites is 1. The second kappa shape index (κ2) is 11.9. The molecule has 0 saturated carbocycles. The van der Waals surface area contributed by atoms with Gasteiger partial charge in [-0.15, -0.1) is 0 Å². The van der Waals surface area contributed by atoms with Crippen LogP contribution in [0, 0.1) is 17.8 Å². The molecule has 3 heterocycles. The van der Waals surface area contributed by atoms with Crippen LogP contribution in [0.1, 0.15) is 51.9 Å². The number of amides is 2. The molecule has 3 saturated heterocycles. The third kappa shape index (κ3) is 6.95. The zero-order valence-electron chi connectivity index (χ0n) is 20.3. The summed E-state index contributed by atoms with van der Waals surface area (Å²) in [6, 6.07) is 9.61. The fraction of sp³-hybridized carbons (Fsp3) is 0.704. The molecule has 0 aliphatic carbocycles. The van der Waals surface area contributed by atoms with E-state index in [1.54, 1.807) is 0 Å². The highest BCUT2D eigenvalue weighted by atomic mass is 16.5. The normalized spacial score (nSPS) is 23.5. The lowest BCUT2D eigenvalue weighted by Crippen LogP contribution is -2.49. The zero-order valence-corrected chi connectivity index (χ0v) is 20.3. The summed E-state index contributed by atoms with van der Waals surface area (Å²) in [5.41, 5.74) is 0. The first-order valence-electron chi connectivity index (χ1n) is 13.0. The third-order valence-electron chi connectivity index (χ3n) is 7.75. The maximum absolute atomic E-state index is 13.2. The Morgan fingerprint density at radius 3 is 2.36 bits per heavy atom. The molecule has 1 unspecified atom stereocenters. The van der Waals surface area contributed by atoms with Crippen LogP contribution in [-0.4, -0.2) is 78.9 Å². The summed E-state index contributed by atoms with van der Waals surface area (Å²) in [4.78, 5) is 32.5. The second-order valence-corrected chi connectivity index (χ2v) is 10.3. The fourth-order valence-electron chi connectivity index (χ4n) is 5.59. The zero-order chi connectivity index (χ0) is 23.0. The van der Waals surface area contributed by atoms with Crippen LogP contribution in [-0.2, 0) is 9.59 Å². The molecule has 0 N–H and O–H groups in total. The SMILES string of the molecule is CC1CCN(CC2CCCN(C(=O)C3CCN(C(=O)CCOc4ccccc4)CC3)C2)CC1. The smallest absolute Gasteiger partial charge is 0.225 e. The van der Waals surface area contributed by atoms with Gasteiger partial charge in [0.25, 0.3) is 0 Å². The quantitative estimate of drug-likeness (QED) is 0.630. The van der Waals surface area contributed by atoms with Crippen molar-refractivity contribution < 1.29 is 14.3 Å². The predicted octanol–water partition coefficient (Wildman–Crippen LogP) is 3.66. The summed E-state index contributed by atoms with van der Waals surface area (Å²) in [6.45, 7) is 9.52. The number of likely N-dealkylation sites (tertiary alicyclic amines) is 3. The van der Waals surface area contributed by atoms with E-state index in [0.29, 0.717) is 37.9 Å². The molecule has 1 aromatic carbocycles. The van der Waals surface area contributed by atoms with Gasteiger partial charge in [0.05, 0.1) is 13.0 Å². The minimum atomic E-state index is 0.0733. The van der Waals surface area contributed by atoms with Gasteiger partial charge < -0.3 is 19.4 Å². The van der Waals surface area contributed by atoms with E-state index in [2.05, 4.69) is 16.7 Å². The molecule has 0 radical (unpaired) electrons. The van der Waals surface area contributed by atoms with Gasteiger partial charge in [0.15, 0.2) is 0 Å². The van der Waals surface area contributed by atoms with E-state index in [1.807, 2.05) is 35.2 Å². The molecule has 182 valence electrons. The molecule has 4 rings (SSSR count). The van der Waals surface area contributed by atoms with Crippen molar-refractivity contribution in [3.8, 4) is 5.75 Å². The number of hydrogen-bond acceptors (Lipinski definition) is 4. The number of ether oxygens (including phenoxy) is 1. The largest absolute Gasteiger partial charge is 0.493 e. The van der Waals surface area contributed by atoms with Crippen molar-refractivity contribution in [3.63, 3.8) is 0 Å². The molecule has 3 fully saturated rings. The van der Waals surface area contributed by atoms with Gasteiger partial charge >= 0.3 is 0 Å². The monoisotopic (exact) mass is 455 g/mol. The van der Waals surface area contributed by atoms with Crippen molar-refractivity contribution in [1.29, 1.82) is 0 Å². The summed E-state index contributed by atoms with van der Waals surface area (Å²) in [5.74, 6) is 2.80. The molecular formula is C27H41N3O3. The lowest BCUT2D eigenvalue weighted by atomic mass is 9.91. The highest BCUT2D eigenvalue weighted by Gasteiger charge is 2.33. The summed E-state index contributed by atoms with van der Waals surface area (Å²) < 4.78 is 5.66. The number of nitrogens with zero attached hydrogens (tertiary/aromatic N) is 3. The molecule has 0 aromatic heterocycles. The maximum atomic E-state index is 13.2. The van der Waals surface area contributed by atoms with Crippen molar-refractivity contribution in [2.45, 2.75) is 51.9 Å². The summed E-state index contributed by atoms with van der Waals surface area (Å²) in [7, 11) is 0. The van der Waals surface area contributed by atoms with Crippen LogP contribution in [0.25, 0.3) is 0 Å². The van der Waals surface area contributed by atoms with Gasteiger partial charge in [0.2, 0.25) is 11.8 Å². The maximum Gasteiger partial charge on any atom is 0.225 e. The Balaban J connectivity index is 1.16. The average molecular weight is 456 g/mol. The lowest BCUT2D eigenvalue weighted by Gasteiger charge is -2.40. The highest BCUT2D eigenvalue weighted by molar-refractivity contribution is 5.80. The molecule has 3 aliphatic heterocycles. The highest BCUT2D eigenvalue weighted by Crippen LogP contribution is 2.26. The second-order valence-electron chi connectivity index (χ2n) is 10.3. The summed E-state index contributed by atoms with van der Waals surface area (Å²) in [5, 5.41) is 0. The van der Waals surface area contributed by atoms with Gasteiger partial charge in [0, 0.05) is 38.6 Å². The van der Waals surface area contributed by atoms with Crippen LogP contribution in [0.15, 0.2) is 30.3 Å². The Kier molecular flexibility index (Phi) is 8.65. The number of piperidine rings is 3. The molecule has 6 heteroatoms. The van der Waals surface area contributed by atoms with Gasteiger partial charge in [-0.05, 0) is 75.6 Å². The minimum Gasteiger partial charge on any atom is -0.493 e. The number of rotatable bonds is 7. The first kappa shape index (κ1) is 24.1. The van der Waals surface area contributed by atoms with Gasteiger partial charge in [-0.2, -0.15) is 0 Å². The van der Waals surface area contributed by atoms with Crippen LogP contribution < -0.4 is 4.74 Å². The molecule has 33 heavy (non-hydrogen) atoms. The standard InChI is InChI=1S/C27H41N3O3/c1-22-9-15-28(16-10-22)20-23-6-5-14-30(21-23)27(32)24-11-17-29(18-12-24)26(31)13-19-33-25-7-3-2-4-8-25/h2-4,7-8,22-24H,5-6,9-21H2,1H3. The molecule has 6 nitrogen and oxygen atoms in total. The lowest BCUT2D eigenvalue weighted by molar-refractivity contribution is -0.142. The van der Waals surface area contributed by atoms with Gasteiger partial charge in [-0.25, -0.2) is 0 Å². The van der Waals surface area contributed by atoms with E-state index in [1.165, 1.54) is 32.4 Å². The topological polar surface area (TPSA) is 53.1 Å². The third-order valence-corrected chi connectivity index (χ3v) is 7.75. The van der Waals surface area contributed by atoms with Crippen molar-refractivity contribution in [3.05, 3.63) is 30.3 Å². The van der Waals surface area contributed by atoms with Gasteiger partial charge in [-0.1, -0.05) is 25.1 Å². The number of carbonyl (C=O) groups is 2. The van der Waals surface area contributed by atoms with E-state index >= 15 is 0 Å². The van der Waals surface area contributed by atoms with E-state index in [0.717, 1.165) is 50.6 Å². The van der Waals surface area contributed by atoms with Crippen molar-refractivity contribution in [1.82, 2.24) is 14.7 Å². The van der Waals surface area contributed by atoms with Crippen molar-refractivity contribution in [2.24, 2.45) is 17.8 Å². The van der Waals surface area contributed by atoms with E-state index in [4.69, 9.17) is 4.74 Å². The molecule has 2 amide bonds. The van der Waals surface area contributed by atoms with Gasteiger partial charge in [0.1, 0.15) is 5.75 Å². The molecule has 1 aromatic rings. The van der Waals surface area contributed by atoms with E-state index in [9.17, 15) is 9.59 Å². The molecule has 0 bridgehead atoms. The first-order valence-corrected chi connectivity index (χ1v) is 13.0. The van der Waals surface area contributed by atoms with Crippen LogP contribution in [0.2, 0.25) is 0 Å². The van der Waals surface area contributed by atoms with Crippen molar-refractivity contribution in [2.75, 3.05) is 52.4 Å². The summed E-state index contributed by atoms with van der Waals surface area (Å²) in [6.07, 6.45) is 6.95. The van der Waals surface area contributed by atoms with Gasteiger partial charge in [-0.3, -0.25) is 9.59 Å². The average Bonchev–Trinajstić information content (AvgIpc) is 2.86. The Hall–Kier alpha value is -2.08. The molecule has 0 spiro atoms. The van der Waals surface area contributed by atoms with Crippen LogP contribution in [0.3, 0.4) is 0 Å². The summed E-state index contributed by atoms with van der Waals surface area (Å²) >= 11 is 0. The van der Waals surface area contributed by atoms with Crippen LogP contribution in [0.4, 0.5) is 0 Å². The Labute approximate surface area is 199 Å². The first-order chi connectivity index (χ1) is 16.1. The molecule has 3 aliphatic rings. The number of hydrogen-bond donors (Lipinski definition) is 0. The molecular weight excluding hydrogens is 414 g/mol. The Morgan fingerprint density at radius 1 is 0.909 bits per heavy atom. The Morgan fingerprint density at radius 2 is 1.64 bits per heavy atom. The number of benzene rings is 1. The van der Waals surface area contributed by atoms with Crippen LogP contribution >= 0.6 is 0 Å². The fourth-order valence-corrected chi connectivity index (χ4v) is 5.59. The van der Waals surface area contributed by atoms with Crippen molar-refractivity contribution >= 4 is 11.8 Å². The predicted molar refractivity (Wildman–Crippen MR) is 130 cm³/mol. The number of carbonyl (C=O) groups excluding carboxylic acids is 2. The van der Waals surface area contributed by atoms with E-state index in [-0.39, 0.29) is 11.8 Å².